The molecule has 0 radical (unpaired) electrons. The summed E-state index contributed by atoms with van der Waals surface area (Å²) in [6, 6.07) is 0. The minimum atomic E-state index is -3.76. The molecule has 2 N–H and O–H groups in total. The zero-order chi connectivity index (χ0) is 10.9. The molecular weight excluding hydrogens is 204 g/mol. The molecule has 0 unspecified atom stereocenters. The molecule has 0 saturated carbocycles. The molecule has 1 aromatic rings. The summed E-state index contributed by atoms with van der Waals surface area (Å²) in [5.41, 5.74) is 0. The van der Waals surface area contributed by atoms with Crippen molar-refractivity contribution in [1.82, 2.24) is 14.8 Å². The van der Waals surface area contributed by atoms with Crippen LogP contribution in [0, 0.1) is 5.92 Å². The highest BCUT2D eigenvalue weighted by Gasteiger charge is 2.18. The molecule has 0 aliphatic heterocycles. The largest absolute Gasteiger partial charge is 0.304 e. The van der Waals surface area contributed by atoms with Gasteiger partial charge in [-0.1, -0.05) is 13.8 Å². The number of sulfonamides is 1. The first-order chi connectivity index (χ1) is 6.32. The molecule has 14 heavy (non-hydrogen) atoms. The maximum Gasteiger partial charge on any atom is 0.273 e. The predicted molar refractivity (Wildman–Crippen MR) is 50.9 cm³/mol. The first-order valence-electron chi connectivity index (χ1n) is 4.23. The topological polar surface area (TPSA) is 90.9 Å². The van der Waals surface area contributed by atoms with E-state index >= 15 is 0 Å². The van der Waals surface area contributed by atoms with Crippen LogP contribution in [0.2, 0.25) is 0 Å². The molecule has 0 bridgehead atoms. The van der Waals surface area contributed by atoms with Crippen LogP contribution in [0.3, 0.4) is 0 Å². The Balaban J connectivity index is 3.09. The van der Waals surface area contributed by atoms with E-state index in [1.165, 1.54) is 4.57 Å². The van der Waals surface area contributed by atoms with Crippen molar-refractivity contribution in [1.29, 1.82) is 0 Å². The van der Waals surface area contributed by atoms with Crippen LogP contribution in [-0.2, 0) is 23.5 Å². The number of rotatable bonds is 3. The van der Waals surface area contributed by atoms with Gasteiger partial charge < -0.3 is 4.57 Å². The molecule has 6 nitrogen and oxygen atoms in total. The fraction of sp³-hybridized carbons (Fsp3) is 0.714. The van der Waals surface area contributed by atoms with Gasteiger partial charge in [-0.05, 0) is 5.92 Å². The summed E-state index contributed by atoms with van der Waals surface area (Å²) < 4.78 is 23.4. The molecule has 1 rings (SSSR count). The molecule has 0 spiro atoms. The summed E-state index contributed by atoms with van der Waals surface area (Å²) in [4.78, 5) is 0. The Morgan fingerprint density at radius 3 is 2.36 bits per heavy atom. The lowest BCUT2D eigenvalue weighted by Gasteiger charge is -2.04. The first kappa shape index (κ1) is 11.1. The second-order valence-electron chi connectivity index (χ2n) is 3.60. The molecule has 7 heteroatoms. The van der Waals surface area contributed by atoms with Crippen LogP contribution < -0.4 is 5.14 Å². The lowest BCUT2D eigenvalue weighted by atomic mass is 10.1. The van der Waals surface area contributed by atoms with Crippen molar-refractivity contribution >= 4 is 10.0 Å². The van der Waals surface area contributed by atoms with Crippen LogP contribution in [-0.4, -0.2) is 23.2 Å². The molecule has 0 amide bonds. The van der Waals surface area contributed by atoms with Gasteiger partial charge in [0, 0.05) is 13.5 Å². The Morgan fingerprint density at radius 2 is 2.00 bits per heavy atom. The van der Waals surface area contributed by atoms with E-state index in [1.54, 1.807) is 7.05 Å². The van der Waals surface area contributed by atoms with Crippen molar-refractivity contribution in [3.8, 4) is 0 Å². The number of primary sulfonamides is 1. The average molecular weight is 218 g/mol. The summed E-state index contributed by atoms with van der Waals surface area (Å²) in [6.07, 6.45) is 0.680. The van der Waals surface area contributed by atoms with Gasteiger partial charge in [-0.2, -0.15) is 0 Å². The van der Waals surface area contributed by atoms with Crippen molar-refractivity contribution in [2.75, 3.05) is 0 Å². The van der Waals surface area contributed by atoms with Gasteiger partial charge >= 0.3 is 0 Å². The van der Waals surface area contributed by atoms with E-state index in [1.807, 2.05) is 13.8 Å². The van der Waals surface area contributed by atoms with E-state index < -0.39 is 10.0 Å². The third kappa shape index (κ3) is 2.30. The van der Waals surface area contributed by atoms with Gasteiger partial charge in [0.05, 0.1) is 0 Å². The molecule has 0 atom stereocenters. The van der Waals surface area contributed by atoms with Gasteiger partial charge in [-0.3, -0.25) is 0 Å². The van der Waals surface area contributed by atoms with Crippen LogP contribution in [0.5, 0.6) is 0 Å². The molecular formula is C7H14N4O2S. The van der Waals surface area contributed by atoms with Gasteiger partial charge in [0.25, 0.3) is 15.2 Å². The summed E-state index contributed by atoms with van der Waals surface area (Å²) in [6.45, 7) is 4.04. The summed E-state index contributed by atoms with van der Waals surface area (Å²) in [5.74, 6) is 1.02. The van der Waals surface area contributed by atoms with Crippen molar-refractivity contribution in [3.63, 3.8) is 0 Å². The number of hydrogen-bond donors (Lipinski definition) is 1. The molecule has 1 heterocycles. The molecule has 0 aromatic carbocycles. The molecule has 0 aliphatic rings. The van der Waals surface area contributed by atoms with E-state index in [0.29, 0.717) is 18.2 Å². The average Bonchev–Trinajstić information content (AvgIpc) is 2.30. The van der Waals surface area contributed by atoms with Gasteiger partial charge in [0.15, 0.2) is 0 Å². The summed E-state index contributed by atoms with van der Waals surface area (Å²) >= 11 is 0. The molecule has 0 saturated heterocycles. The summed E-state index contributed by atoms with van der Waals surface area (Å²) in [7, 11) is -2.16. The van der Waals surface area contributed by atoms with Gasteiger partial charge in [-0.25, -0.2) is 13.6 Å². The molecule has 80 valence electrons. The Morgan fingerprint density at radius 1 is 1.43 bits per heavy atom. The maximum absolute atomic E-state index is 11.0. The highest BCUT2D eigenvalue weighted by molar-refractivity contribution is 7.89. The van der Waals surface area contributed by atoms with Gasteiger partial charge in [-0.15, -0.1) is 10.2 Å². The Labute approximate surface area is 83.2 Å². The lowest BCUT2D eigenvalue weighted by molar-refractivity contribution is 0.567. The minimum Gasteiger partial charge on any atom is -0.304 e. The van der Waals surface area contributed by atoms with Crippen molar-refractivity contribution in [3.05, 3.63) is 5.82 Å². The third-order valence-electron chi connectivity index (χ3n) is 1.77. The van der Waals surface area contributed by atoms with E-state index in [4.69, 9.17) is 5.14 Å². The molecule has 0 aliphatic carbocycles. The van der Waals surface area contributed by atoms with E-state index in [0.717, 1.165) is 0 Å². The number of hydrogen-bond acceptors (Lipinski definition) is 4. The number of nitrogens with zero attached hydrogens (tertiary/aromatic N) is 3. The van der Waals surface area contributed by atoms with E-state index in [2.05, 4.69) is 10.2 Å². The first-order valence-corrected chi connectivity index (χ1v) is 5.78. The molecule has 1 aromatic heterocycles. The Hall–Kier alpha value is -0.950. The van der Waals surface area contributed by atoms with Crippen LogP contribution >= 0.6 is 0 Å². The van der Waals surface area contributed by atoms with Crippen LogP contribution in [0.1, 0.15) is 19.7 Å². The van der Waals surface area contributed by atoms with Crippen LogP contribution in [0.25, 0.3) is 0 Å². The van der Waals surface area contributed by atoms with Gasteiger partial charge in [0.1, 0.15) is 5.82 Å². The zero-order valence-electron chi connectivity index (χ0n) is 8.43. The number of aromatic nitrogens is 3. The van der Waals surface area contributed by atoms with Crippen molar-refractivity contribution < 1.29 is 8.42 Å². The minimum absolute atomic E-state index is 0.187. The second kappa shape index (κ2) is 3.66. The fourth-order valence-corrected chi connectivity index (χ4v) is 1.78. The predicted octanol–water partition coefficient (Wildman–Crippen LogP) is -0.339. The standard InChI is InChI=1S/C7H14N4O2S/c1-5(2)4-6-9-10-7(11(6)3)14(8,12)13/h5H,4H2,1-3H3,(H2,8,12,13). The Bertz CT molecular complexity index is 421. The van der Waals surface area contributed by atoms with E-state index in [-0.39, 0.29) is 5.16 Å². The van der Waals surface area contributed by atoms with Gasteiger partial charge in [0.2, 0.25) is 0 Å². The second-order valence-corrected chi connectivity index (χ2v) is 5.06. The van der Waals surface area contributed by atoms with Crippen molar-refractivity contribution in [2.24, 2.45) is 18.1 Å². The highest BCUT2D eigenvalue weighted by Crippen LogP contribution is 2.08. The third-order valence-corrected chi connectivity index (χ3v) is 2.63. The highest BCUT2D eigenvalue weighted by atomic mass is 32.2. The normalized spacial score (nSPS) is 12.4. The zero-order valence-corrected chi connectivity index (χ0v) is 9.24. The quantitative estimate of drug-likeness (QED) is 0.751. The van der Waals surface area contributed by atoms with Crippen LogP contribution in [0.4, 0.5) is 0 Å². The number of nitrogens with two attached hydrogens (primary N) is 1. The summed E-state index contributed by atoms with van der Waals surface area (Å²) in [5, 5.41) is 12.1. The lowest BCUT2D eigenvalue weighted by Crippen LogP contribution is -2.18. The SMILES string of the molecule is CC(C)Cc1nnc(S(N)(=O)=O)n1C. The fourth-order valence-electron chi connectivity index (χ4n) is 1.14. The van der Waals surface area contributed by atoms with Crippen LogP contribution in [0.15, 0.2) is 5.16 Å². The smallest absolute Gasteiger partial charge is 0.273 e. The monoisotopic (exact) mass is 218 g/mol. The molecule has 0 fully saturated rings. The Kier molecular flexibility index (Phi) is 2.91. The van der Waals surface area contributed by atoms with Crippen molar-refractivity contribution in [2.45, 2.75) is 25.4 Å². The maximum atomic E-state index is 11.0. The van der Waals surface area contributed by atoms with E-state index in [9.17, 15) is 8.42 Å².